The Hall–Kier alpha value is -0.380. The number of hydrazine groups is 1. The van der Waals surface area contributed by atoms with E-state index in [4.69, 9.17) is 5.84 Å². The van der Waals surface area contributed by atoms with Gasteiger partial charge in [0.15, 0.2) is 0 Å². The van der Waals surface area contributed by atoms with Crippen molar-refractivity contribution in [3.63, 3.8) is 0 Å². The Morgan fingerprint density at radius 3 is 2.50 bits per heavy atom. The van der Waals surface area contributed by atoms with Crippen LogP contribution in [0.4, 0.5) is 0 Å². The molecule has 0 spiro atoms. The summed E-state index contributed by atoms with van der Waals surface area (Å²) in [6, 6.07) is 2.49. The molecule has 0 aliphatic carbocycles. The Kier molecular flexibility index (Phi) is 3.70. The molecule has 1 aromatic heterocycles. The summed E-state index contributed by atoms with van der Waals surface area (Å²) >= 11 is 1.78. The number of aryl methyl sites for hydroxylation is 1. The molecule has 0 aliphatic rings. The average molecular weight is 212 g/mol. The fourth-order valence-electron chi connectivity index (χ4n) is 1.53. The van der Waals surface area contributed by atoms with Gasteiger partial charge in [-0.05, 0) is 35.8 Å². The summed E-state index contributed by atoms with van der Waals surface area (Å²) in [5.41, 5.74) is 4.50. The normalized spacial score (nSPS) is 14.4. The van der Waals surface area contributed by atoms with Crippen LogP contribution in [0, 0.1) is 12.3 Å². The molecule has 1 unspecified atom stereocenters. The van der Waals surface area contributed by atoms with Gasteiger partial charge in [0.1, 0.15) is 0 Å². The van der Waals surface area contributed by atoms with Gasteiger partial charge < -0.3 is 0 Å². The van der Waals surface area contributed by atoms with Gasteiger partial charge in [-0.2, -0.15) is 0 Å². The minimum Gasteiger partial charge on any atom is -0.271 e. The van der Waals surface area contributed by atoms with Crippen molar-refractivity contribution in [1.29, 1.82) is 0 Å². The maximum absolute atomic E-state index is 5.58. The fraction of sp³-hybridized carbons (Fsp3) is 0.636. The number of nitrogens with two attached hydrogens (primary N) is 1. The summed E-state index contributed by atoms with van der Waals surface area (Å²) in [5, 5.41) is 2.19. The van der Waals surface area contributed by atoms with Crippen LogP contribution < -0.4 is 11.3 Å². The lowest BCUT2D eigenvalue weighted by atomic mass is 9.86. The van der Waals surface area contributed by atoms with E-state index in [-0.39, 0.29) is 6.04 Å². The fourth-order valence-corrected chi connectivity index (χ4v) is 2.29. The van der Waals surface area contributed by atoms with Crippen LogP contribution in [0.25, 0.3) is 0 Å². The minimum absolute atomic E-state index is 0.278. The summed E-state index contributed by atoms with van der Waals surface area (Å²) in [6.45, 7) is 8.82. The summed E-state index contributed by atoms with van der Waals surface area (Å²) in [5.74, 6) is 5.58. The number of thiophene rings is 1. The lowest BCUT2D eigenvalue weighted by molar-refractivity contribution is 0.314. The number of hydrogen-bond donors (Lipinski definition) is 2. The standard InChI is InChI=1S/C11H20N2S/c1-8-5-9(7-14-8)10(13-12)6-11(2,3)4/h5,7,10,13H,6,12H2,1-4H3. The van der Waals surface area contributed by atoms with E-state index in [0.717, 1.165) is 6.42 Å². The smallest absolute Gasteiger partial charge is 0.0473 e. The van der Waals surface area contributed by atoms with Crippen LogP contribution >= 0.6 is 11.3 Å². The van der Waals surface area contributed by atoms with Gasteiger partial charge in [0.2, 0.25) is 0 Å². The largest absolute Gasteiger partial charge is 0.271 e. The highest BCUT2D eigenvalue weighted by Gasteiger charge is 2.19. The molecular weight excluding hydrogens is 192 g/mol. The third-order valence-corrected chi connectivity index (χ3v) is 3.05. The van der Waals surface area contributed by atoms with E-state index < -0.39 is 0 Å². The molecular formula is C11H20N2S. The molecule has 0 fully saturated rings. The molecule has 80 valence electrons. The summed E-state index contributed by atoms with van der Waals surface area (Å²) < 4.78 is 0. The van der Waals surface area contributed by atoms with Gasteiger partial charge in [-0.25, -0.2) is 0 Å². The lowest BCUT2D eigenvalue weighted by Crippen LogP contribution is -2.30. The van der Waals surface area contributed by atoms with Crippen molar-refractivity contribution in [2.24, 2.45) is 11.3 Å². The van der Waals surface area contributed by atoms with Crippen LogP contribution in [0.3, 0.4) is 0 Å². The summed E-state index contributed by atoms with van der Waals surface area (Å²) in [4.78, 5) is 1.34. The van der Waals surface area contributed by atoms with Crippen molar-refractivity contribution >= 4 is 11.3 Å². The molecule has 1 heterocycles. The van der Waals surface area contributed by atoms with Crippen molar-refractivity contribution in [3.05, 3.63) is 21.9 Å². The number of hydrogen-bond acceptors (Lipinski definition) is 3. The van der Waals surface area contributed by atoms with Crippen LogP contribution in [0.1, 0.15) is 43.7 Å². The van der Waals surface area contributed by atoms with E-state index in [9.17, 15) is 0 Å². The zero-order chi connectivity index (χ0) is 10.8. The zero-order valence-corrected chi connectivity index (χ0v) is 10.2. The highest BCUT2D eigenvalue weighted by Crippen LogP contribution is 2.30. The second kappa shape index (κ2) is 4.43. The van der Waals surface area contributed by atoms with Crippen molar-refractivity contribution in [1.82, 2.24) is 5.43 Å². The van der Waals surface area contributed by atoms with Crippen molar-refractivity contribution in [2.45, 2.75) is 40.2 Å². The second-order valence-electron chi connectivity index (χ2n) is 4.97. The van der Waals surface area contributed by atoms with Gasteiger partial charge in [0.25, 0.3) is 0 Å². The Bertz CT molecular complexity index is 286. The molecule has 0 aliphatic heterocycles. The molecule has 0 aromatic carbocycles. The Labute approximate surface area is 90.5 Å². The molecule has 2 nitrogen and oxygen atoms in total. The van der Waals surface area contributed by atoms with Crippen LogP contribution in [0.15, 0.2) is 11.4 Å². The van der Waals surface area contributed by atoms with Crippen LogP contribution in [0.2, 0.25) is 0 Å². The van der Waals surface area contributed by atoms with E-state index in [0.29, 0.717) is 5.41 Å². The number of rotatable bonds is 3. The Balaban J connectivity index is 2.72. The molecule has 0 radical (unpaired) electrons. The first kappa shape index (κ1) is 11.7. The third kappa shape index (κ3) is 3.40. The quantitative estimate of drug-likeness (QED) is 0.597. The summed E-state index contributed by atoms with van der Waals surface area (Å²) in [6.07, 6.45) is 1.06. The first-order chi connectivity index (χ1) is 6.42. The van der Waals surface area contributed by atoms with Gasteiger partial charge >= 0.3 is 0 Å². The molecule has 0 amide bonds. The molecule has 14 heavy (non-hydrogen) atoms. The first-order valence-electron chi connectivity index (χ1n) is 4.93. The third-order valence-electron chi connectivity index (χ3n) is 2.17. The zero-order valence-electron chi connectivity index (χ0n) is 9.42. The van der Waals surface area contributed by atoms with Gasteiger partial charge in [0, 0.05) is 10.9 Å². The topological polar surface area (TPSA) is 38.0 Å². The van der Waals surface area contributed by atoms with E-state index in [1.807, 2.05) is 0 Å². The molecule has 0 bridgehead atoms. The molecule has 0 saturated carbocycles. The highest BCUT2D eigenvalue weighted by atomic mass is 32.1. The van der Waals surface area contributed by atoms with Gasteiger partial charge in [-0.1, -0.05) is 20.8 Å². The maximum Gasteiger partial charge on any atom is 0.0473 e. The monoisotopic (exact) mass is 212 g/mol. The SMILES string of the molecule is Cc1cc(C(CC(C)(C)C)NN)cs1. The highest BCUT2D eigenvalue weighted by molar-refractivity contribution is 7.10. The van der Waals surface area contributed by atoms with E-state index in [1.165, 1.54) is 10.4 Å². The molecule has 0 saturated heterocycles. The molecule has 1 rings (SSSR count). The van der Waals surface area contributed by atoms with Crippen LogP contribution in [-0.2, 0) is 0 Å². The van der Waals surface area contributed by atoms with Crippen molar-refractivity contribution < 1.29 is 0 Å². The maximum atomic E-state index is 5.58. The lowest BCUT2D eigenvalue weighted by Gasteiger charge is -2.24. The van der Waals surface area contributed by atoms with Crippen molar-refractivity contribution in [2.75, 3.05) is 0 Å². The molecule has 3 heteroatoms. The Morgan fingerprint density at radius 1 is 1.50 bits per heavy atom. The van der Waals surface area contributed by atoms with E-state index in [1.54, 1.807) is 11.3 Å². The van der Waals surface area contributed by atoms with E-state index in [2.05, 4.69) is 44.6 Å². The molecule has 1 atom stereocenters. The van der Waals surface area contributed by atoms with Gasteiger partial charge in [-0.3, -0.25) is 11.3 Å². The van der Waals surface area contributed by atoms with Gasteiger partial charge in [0.05, 0.1) is 0 Å². The molecule has 1 aromatic rings. The van der Waals surface area contributed by atoms with E-state index >= 15 is 0 Å². The van der Waals surface area contributed by atoms with Crippen molar-refractivity contribution in [3.8, 4) is 0 Å². The van der Waals surface area contributed by atoms with Crippen LogP contribution in [-0.4, -0.2) is 0 Å². The number of nitrogens with one attached hydrogen (secondary N) is 1. The first-order valence-corrected chi connectivity index (χ1v) is 5.81. The predicted octanol–water partition coefficient (Wildman–Crippen LogP) is 3.00. The second-order valence-corrected chi connectivity index (χ2v) is 6.09. The Morgan fingerprint density at radius 2 is 2.14 bits per heavy atom. The van der Waals surface area contributed by atoms with Crippen LogP contribution in [0.5, 0.6) is 0 Å². The van der Waals surface area contributed by atoms with Gasteiger partial charge in [-0.15, -0.1) is 11.3 Å². The molecule has 3 N–H and O–H groups in total. The average Bonchev–Trinajstić information content (AvgIpc) is 2.46. The minimum atomic E-state index is 0.278. The predicted molar refractivity (Wildman–Crippen MR) is 63.2 cm³/mol. The summed E-state index contributed by atoms with van der Waals surface area (Å²) in [7, 11) is 0.